The van der Waals surface area contributed by atoms with Crippen LogP contribution in [0.4, 0.5) is 0 Å². The molecular formula is C11H10Cl2O2. The predicted octanol–water partition coefficient (Wildman–Crippen LogP) is 2.74. The third kappa shape index (κ3) is 3.32. The lowest BCUT2D eigenvalue weighted by Crippen LogP contribution is -1.93. The fourth-order valence-corrected chi connectivity index (χ4v) is 1.44. The van der Waals surface area contributed by atoms with Gasteiger partial charge in [0, 0.05) is 11.6 Å². The van der Waals surface area contributed by atoms with Gasteiger partial charge < -0.3 is 9.84 Å². The average Bonchev–Trinajstić information content (AvgIpc) is 2.21. The summed E-state index contributed by atoms with van der Waals surface area (Å²) in [5.74, 6) is 5.75. The highest BCUT2D eigenvalue weighted by atomic mass is 35.5. The molecule has 0 heterocycles. The van der Waals surface area contributed by atoms with Gasteiger partial charge in [0.15, 0.2) is 0 Å². The Balaban J connectivity index is 3.07. The van der Waals surface area contributed by atoms with Crippen LogP contribution < -0.4 is 4.74 Å². The minimum atomic E-state index is -0.207. The van der Waals surface area contributed by atoms with E-state index in [1.54, 1.807) is 12.1 Å². The number of hydrogen-bond acceptors (Lipinski definition) is 2. The minimum Gasteiger partial charge on any atom is -0.492 e. The molecule has 1 rings (SSSR count). The summed E-state index contributed by atoms with van der Waals surface area (Å²) in [7, 11) is 0. The molecule has 0 bridgehead atoms. The molecule has 0 unspecified atom stereocenters. The molecular weight excluding hydrogens is 235 g/mol. The molecule has 0 saturated heterocycles. The zero-order chi connectivity index (χ0) is 11.3. The van der Waals surface area contributed by atoms with E-state index >= 15 is 0 Å². The topological polar surface area (TPSA) is 29.5 Å². The van der Waals surface area contributed by atoms with E-state index in [9.17, 15) is 0 Å². The van der Waals surface area contributed by atoms with E-state index in [4.69, 9.17) is 33.0 Å². The third-order valence-electron chi connectivity index (χ3n) is 1.62. The molecule has 1 N–H and O–H groups in total. The third-order valence-corrected chi connectivity index (χ3v) is 2.23. The number of halogens is 2. The highest BCUT2D eigenvalue weighted by molar-refractivity contribution is 6.35. The maximum absolute atomic E-state index is 8.55. The number of hydrogen-bond donors (Lipinski definition) is 1. The normalized spacial score (nSPS) is 9.33. The second-order valence-corrected chi connectivity index (χ2v) is 3.47. The maximum Gasteiger partial charge on any atom is 0.139 e. The first-order chi connectivity index (χ1) is 7.19. The van der Waals surface area contributed by atoms with Crippen LogP contribution in [0.2, 0.25) is 10.0 Å². The average molecular weight is 245 g/mol. The summed E-state index contributed by atoms with van der Waals surface area (Å²) in [6.45, 7) is 2.18. The summed E-state index contributed by atoms with van der Waals surface area (Å²) < 4.78 is 5.26. The van der Waals surface area contributed by atoms with Crippen molar-refractivity contribution < 1.29 is 9.84 Å². The lowest BCUT2D eigenvalue weighted by atomic mass is 10.2. The molecule has 4 heteroatoms. The van der Waals surface area contributed by atoms with Gasteiger partial charge in [0.05, 0.1) is 16.7 Å². The molecule has 0 spiro atoms. The highest BCUT2D eigenvalue weighted by Crippen LogP contribution is 2.30. The largest absolute Gasteiger partial charge is 0.492 e. The number of aliphatic hydroxyl groups excluding tert-OH is 1. The predicted molar refractivity (Wildman–Crippen MR) is 61.6 cm³/mol. The maximum atomic E-state index is 8.55. The van der Waals surface area contributed by atoms with Gasteiger partial charge in [-0.05, 0) is 13.0 Å². The van der Waals surface area contributed by atoms with Crippen LogP contribution in [0, 0.1) is 11.8 Å². The zero-order valence-electron chi connectivity index (χ0n) is 8.18. The van der Waals surface area contributed by atoms with Gasteiger partial charge in [-0.2, -0.15) is 0 Å². The Morgan fingerprint density at radius 3 is 2.67 bits per heavy atom. The fourth-order valence-electron chi connectivity index (χ4n) is 1.03. The first-order valence-electron chi connectivity index (χ1n) is 4.40. The quantitative estimate of drug-likeness (QED) is 0.812. The molecule has 0 radical (unpaired) electrons. The van der Waals surface area contributed by atoms with Crippen molar-refractivity contribution in [2.24, 2.45) is 0 Å². The Hall–Kier alpha value is -0.880. The zero-order valence-corrected chi connectivity index (χ0v) is 9.69. The first-order valence-corrected chi connectivity index (χ1v) is 5.16. The molecule has 1 aromatic rings. The fraction of sp³-hybridized carbons (Fsp3) is 0.273. The van der Waals surface area contributed by atoms with E-state index in [-0.39, 0.29) is 6.61 Å². The van der Waals surface area contributed by atoms with E-state index < -0.39 is 0 Å². The van der Waals surface area contributed by atoms with Crippen molar-refractivity contribution in [2.75, 3.05) is 13.2 Å². The summed E-state index contributed by atoms with van der Waals surface area (Å²) in [6.07, 6.45) is 0. The molecule has 0 aliphatic carbocycles. The van der Waals surface area contributed by atoms with Gasteiger partial charge in [0.25, 0.3) is 0 Å². The smallest absolute Gasteiger partial charge is 0.139 e. The van der Waals surface area contributed by atoms with E-state index in [1.807, 2.05) is 6.92 Å². The number of aliphatic hydroxyl groups is 1. The van der Waals surface area contributed by atoms with Crippen molar-refractivity contribution in [3.63, 3.8) is 0 Å². The van der Waals surface area contributed by atoms with Crippen LogP contribution in [0.5, 0.6) is 5.75 Å². The van der Waals surface area contributed by atoms with Crippen LogP contribution in [-0.2, 0) is 0 Å². The molecule has 0 amide bonds. The van der Waals surface area contributed by atoms with Crippen molar-refractivity contribution in [3.8, 4) is 17.6 Å². The van der Waals surface area contributed by atoms with Gasteiger partial charge in [0.1, 0.15) is 12.4 Å². The molecule has 0 aliphatic heterocycles. The Labute approximate surface area is 98.8 Å². The van der Waals surface area contributed by atoms with Crippen LogP contribution in [0.15, 0.2) is 12.1 Å². The summed E-state index contributed by atoms with van der Waals surface area (Å²) in [6, 6.07) is 3.24. The number of ether oxygens (including phenoxy) is 1. The van der Waals surface area contributed by atoms with Crippen molar-refractivity contribution >= 4 is 23.2 Å². The van der Waals surface area contributed by atoms with E-state index in [1.165, 1.54) is 0 Å². The molecule has 0 aliphatic rings. The standard InChI is InChI=1S/C11H10Cl2O2/c1-2-15-11-7-9(12)8(4-3-5-14)6-10(11)13/h6-7,14H,2,5H2,1H3. The Morgan fingerprint density at radius 1 is 1.33 bits per heavy atom. The molecule has 2 nitrogen and oxygen atoms in total. The number of benzene rings is 1. The Morgan fingerprint density at radius 2 is 2.07 bits per heavy atom. The van der Waals surface area contributed by atoms with Crippen LogP contribution in [0.3, 0.4) is 0 Å². The molecule has 0 atom stereocenters. The first kappa shape index (κ1) is 12.2. The Kier molecular flexibility index (Phi) is 4.77. The second kappa shape index (κ2) is 5.87. The van der Waals surface area contributed by atoms with Gasteiger partial charge in [-0.25, -0.2) is 0 Å². The SMILES string of the molecule is CCOc1cc(Cl)c(C#CCO)cc1Cl. The highest BCUT2D eigenvalue weighted by Gasteiger charge is 2.06. The van der Waals surface area contributed by atoms with Crippen molar-refractivity contribution in [1.29, 1.82) is 0 Å². The van der Waals surface area contributed by atoms with Crippen LogP contribution in [-0.4, -0.2) is 18.3 Å². The molecule has 15 heavy (non-hydrogen) atoms. The summed E-state index contributed by atoms with van der Waals surface area (Å²) in [4.78, 5) is 0. The molecule has 0 saturated carbocycles. The van der Waals surface area contributed by atoms with Gasteiger partial charge in [-0.15, -0.1) is 0 Å². The van der Waals surface area contributed by atoms with Gasteiger partial charge >= 0.3 is 0 Å². The van der Waals surface area contributed by atoms with E-state index in [2.05, 4.69) is 11.8 Å². The lowest BCUT2D eigenvalue weighted by molar-refractivity contribution is 0.340. The molecule has 80 valence electrons. The summed E-state index contributed by atoms with van der Waals surface area (Å²) in [5.41, 5.74) is 0.583. The van der Waals surface area contributed by atoms with Crippen molar-refractivity contribution in [1.82, 2.24) is 0 Å². The minimum absolute atomic E-state index is 0.207. The monoisotopic (exact) mass is 244 g/mol. The Bertz CT molecular complexity index is 405. The van der Waals surface area contributed by atoms with Crippen molar-refractivity contribution in [2.45, 2.75) is 6.92 Å². The van der Waals surface area contributed by atoms with Crippen molar-refractivity contribution in [3.05, 3.63) is 27.7 Å². The van der Waals surface area contributed by atoms with E-state index in [0.29, 0.717) is 28.0 Å². The lowest BCUT2D eigenvalue weighted by Gasteiger charge is -2.06. The second-order valence-electron chi connectivity index (χ2n) is 2.66. The van der Waals surface area contributed by atoms with Crippen LogP contribution >= 0.6 is 23.2 Å². The molecule has 0 fully saturated rings. The molecule has 0 aromatic heterocycles. The molecule has 1 aromatic carbocycles. The van der Waals surface area contributed by atoms with E-state index in [0.717, 1.165) is 0 Å². The van der Waals surface area contributed by atoms with Gasteiger partial charge in [0.2, 0.25) is 0 Å². The van der Waals surface area contributed by atoms with Crippen LogP contribution in [0.1, 0.15) is 12.5 Å². The number of rotatable bonds is 2. The van der Waals surface area contributed by atoms with Gasteiger partial charge in [-0.3, -0.25) is 0 Å². The van der Waals surface area contributed by atoms with Crippen LogP contribution in [0.25, 0.3) is 0 Å². The summed E-state index contributed by atoms with van der Waals surface area (Å²) >= 11 is 11.9. The summed E-state index contributed by atoms with van der Waals surface area (Å²) in [5, 5.41) is 9.48. The van der Waals surface area contributed by atoms with Gasteiger partial charge in [-0.1, -0.05) is 35.0 Å².